The maximum atomic E-state index is 12.1. The minimum absolute atomic E-state index is 0.226. The van der Waals surface area contributed by atoms with E-state index in [9.17, 15) is 4.79 Å². The maximum absolute atomic E-state index is 12.1. The van der Waals surface area contributed by atoms with Gasteiger partial charge in [-0.05, 0) is 61.2 Å². The fourth-order valence-electron chi connectivity index (χ4n) is 2.32. The van der Waals surface area contributed by atoms with Crippen LogP contribution in [0.25, 0.3) is 0 Å². The molecule has 1 aromatic heterocycles. The van der Waals surface area contributed by atoms with E-state index in [0.717, 1.165) is 34.5 Å². The van der Waals surface area contributed by atoms with Crippen molar-refractivity contribution in [2.24, 2.45) is 0 Å². The second-order valence-corrected chi connectivity index (χ2v) is 5.22. The summed E-state index contributed by atoms with van der Waals surface area (Å²) in [6, 6.07) is 7.32. The second kappa shape index (κ2) is 8.17. The molecule has 0 atom stereocenters. The number of hydrogen-bond acceptors (Lipinski definition) is 3. The Morgan fingerprint density at radius 2 is 2.04 bits per heavy atom. The van der Waals surface area contributed by atoms with Gasteiger partial charge in [-0.1, -0.05) is 6.92 Å². The minimum Gasteiger partial charge on any atom is -0.494 e. The molecule has 0 aliphatic rings. The van der Waals surface area contributed by atoms with Crippen molar-refractivity contribution in [1.29, 1.82) is 0 Å². The fraction of sp³-hybridized carbons (Fsp3) is 0.333. The number of benzene rings is 1. The lowest BCUT2D eigenvalue weighted by molar-refractivity contribution is 0.251. The predicted octanol–water partition coefficient (Wildman–Crippen LogP) is 3.67. The molecule has 2 amide bonds. The number of rotatable bonds is 6. The monoisotopic (exact) mass is 313 g/mol. The number of carbonyl (C=O) groups excluding carboxylic acids is 1. The first-order valence-electron chi connectivity index (χ1n) is 7.84. The van der Waals surface area contributed by atoms with Gasteiger partial charge in [0, 0.05) is 24.6 Å². The number of nitrogens with zero attached hydrogens (tertiary/aromatic N) is 1. The molecular weight excluding hydrogens is 290 g/mol. The van der Waals surface area contributed by atoms with Crippen molar-refractivity contribution in [3.63, 3.8) is 0 Å². The number of carbonyl (C=O) groups is 1. The molecular formula is C18H23N3O2. The highest BCUT2D eigenvalue weighted by Crippen LogP contribution is 2.21. The van der Waals surface area contributed by atoms with Gasteiger partial charge in [0.25, 0.3) is 0 Å². The predicted molar refractivity (Wildman–Crippen MR) is 91.8 cm³/mol. The summed E-state index contributed by atoms with van der Waals surface area (Å²) in [7, 11) is 0. The van der Waals surface area contributed by atoms with Crippen LogP contribution in [-0.2, 0) is 13.0 Å². The Kier molecular flexibility index (Phi) is 5.97. The molecule has 23 heavy (non-hydrogen) atoms. The molecule has 0 spiro atoms. The average molecular weight is 313 g/mol. The van der Waals surface area contributed by atoms with E-state index in [-0.39, 0.29) is 6.03 Å². The number of nitrogens with one attached hydrogen (secondary N) is 2. The summed E-state index contributed by atoms with van der Waals surface area (Å²) in [5, 5.41) is 5.75. The van der Waals surface area contributed by atoms with Crippen LogP contribution in [0.3, 0.4) is 0 Å². The van der Waals surface area contributed by atoms with Crippen molar-refractivity contribution < 1.29 is 9.53 Å². The van der Waals surface area contributed by atoms with Gasteiger partial charge in [0.1, 0.15) is 5.75 Å². The van der Waals surface area contributed by atoms with Crippen LogP contribution in [0.5, 0.6) is 5.75 Å². The highest BCUT2D eigenvalue weighted by Gasteiger charge is 2.07. The third kappa shape index (κ3) is 4.71. The highest BCUT2D eigenvalue weighted by molar-refractivity contribution is 5.90. The second-order valence-electron chi connectivity index (χ2n) is 5.22. The molecule has 122 valence electrons. The van der Waals surface area contributed by atoms with Crippen LogP contribution in [0.2, 0.25) is 0 Å². The molecule has 5 heteroatoms. The summed E-state index contributed by atoms with van der Waals surface area (Å²) in [4.78, 5) is 16.2. The topological polar surface area (TPSA) is 63.2 Å². The minimum atomic E-state index is -0.226. The summed E-state index contributed by atoms with van der Waals surface area (Å²) in [6.07, 6.45) is 4.47. The Bertz CT molecular complexity index is 671. The maximum Gasteiger partial charge on any atom is 0.319 e. The SMILES string of the molecule is CCOc1ccc(NC(=O)NCc2ccncc2CC)c(C)c1. The van der Waals surface area contributed by atoms with Crippen LogP contribution in [0, 0.1) is 6.92 Å². The number of aryl methyl sites for hydroxylation is 2. The van der Waals surface area contributed by atoms with E-state index < -0.39 is 0 Å². The molecule has 0 aliphatic carbocycles. The quantitative estimate of drug-likeness (QED) is 0.855. The van der Waals surface area contributed by atoms with E-state index in [1.807, 2.05) is 44.3 Å². The zero-order chi connectivity index (χ0) is 16.7. The molecule has 0 fully saturated rings. The highest BCUT2D eigenvalue weighted by atomic mass is 16.5. The van der Waals surface area contributed by atoms with Crippen LogP contribution in [0.1, 0.15) is 30.5 Å². The van der Waals surface area contributed by atoms with E-state index in [4.69, 9.17) is 4.74 Å². The zero-order valence-electron chi connectivity index (χ0n) is 13.8. The largest absolute Gasteiger partial charge is 0.494 e. The van der Waals surface area contributed by atoms with Gasteiger partial charge in [-0.15, -0.1) is 0 Å². The van der Waals surface area contributed by atoms with Gasteiger partial charge >= 0.3 is 6.03 Å². The molecule has 0 saturated heterocycles. The Labute approximate surface area is 137 Å². The van der Waals surface area contributed by atoms with Crippen molar-refractivity contribution in [2.75, 3.05) is 11.9 Å². The van der Waals surface area contributed by atoms with Crippen molar-refractivity contribution in [1.82, 2.24) is 10.3 Å². The molecule has 2 rings (SSSR count). The summed E-state index contributed by atoms with van der Waals surface area (Å²) in [5.41, 5.74) is 3.96. The van der Waals surface area contributed by atoms with E-state index in [0.29, 0.717) is 13.2 Å². The molecule has 1 aromatic carbocycles. The summed E-state index contributed by atoms with van der Waals surface area (Å²) in [5.74, 6) is 0.806. The number of anilines is 1. The molecule has 0 unspecified atom stereocenters. The first-order valence-corrected chi connectivity index (χ1v) is 7.84. The van der Waals surface area contributed by atoms with Gasteiger partial charge in [-0.3, -0.25) is 4.98 Å². The normalized spacial score (nSPS) is 10.2. The van der Waals surface area contributed by atoms with Crippen LogP contribution in [-0.4, -0.2) is 17.6 Å². The Balaban J connectivity index is 1.94. The van der Waals surface area contributed by atoms with Crippen LogP contribution >= 0.6 is 0 Å². The van der Waals surface area contributed by atoms with Gasteiger partial charge < -0.3 is 15.4 Å². The first kappa shape index (κ1) is 16.8. The van der Waals surface area contributed by atoms with Crippen LogP contribution in [0.15, 0.2) is 36.7 Å². The first-order chi connectivity index (χ1) is 11.1. The summed E-state index contributed by atoms with van der Waals surface area (Å²) < 4.78 is 5.44. The van der Waals surface area contributed by atoms with Gasteiger partial charge in [0.15, 0.2) is 0 Å². The number of hydrogen-bond donors (Lipinski definition) is 2. The summed E-state index contributed by atoms with van der Waals surface area (Å²) in [6.45, 7) is 7.06. The number of amides is 2. The average Bonchev–Trinajstić information content (AvgIpc) is 2.56. The third-order valence-electron chi connectivity index (χ3n) is 3.58. The number of urea groups is 1. The molecule has 5 nitrogen and oxygen atoms in total. The van der Waals surface area contributed by atoms with Crippen molar-refractivity contribution in [2.45, 2.75) is 33.7 Å². The number of ether oxygens (including phenoxy) is 1. The van der Waals surface area contributed by atoms with Gasteiger partial charge in [0.2, 0.25) is 0 Å². The lowest BCUT2D eigenvalue weighted by Gasteiger charge is -2.12. The molecule has 0 bridgehead atoms. The molecule has 1 heterocycles. The summed E-state index contributed by atoms with van der Waals surface area (Å²) >= 11 is 0. The van der Waals surface area contributed by atoms with E-state index in [2.05, 4.69) is 22.5 Å². The molecule has 0 radical (unpaired) electrons. The van der Waals surface area contributed by atoms with Crippen LogP contribution < -0.4 is 15.4 Å². The lowest BCUT2D eigenvalue weighted by Crippen LogP contribution is -2.28. The van der Waals surface area contributed by atoms with E-state index in [1.54, 1.807) is 6.20 Å². The third-order valence-corrected chi connectivity index (χ3v) is 3.58. The van der Waals surface area contributed by atoms with Gasteiger partial charge in [-0.2, -0.15) is 0 Å². The zero-order valence-corrected chi connectivity index (χ0v) is 13.8. The molecule has 2 N–H and O–H groups in total. The molecule has 2 aromatic rings. The van der Waals surface area contributed by atoms with E-state index in [1.165, 1.54) is 0 Å². The van der Waals surface area contributed by atoms with Gasteiger partial charge in [0.05, 0.1) is 6.61 Å². The Hall–Kier alpha value is -2.56. The molecule has 0 aliphatic heterocycles. The Morgan fingerprint density at radius 3 is 2.74 bits per heavy atom. The lowest BCUT2D eigenvalue weighted by atomic mass is 10.1. The van der Waals surface area contributed by atoms with Crippen molar-refractivity contribution in [3.8, 4) is 5.75 Å². The van der Waals surface area contributed by atoms with Crippen molar-refractivity contribution in [3.05, 3.63) is 53.3 Å². The smallest absolute Gasteiger partial charge is 0.319 e. The van der Waals surface area contributed by atoms with Crippen molar-refractivity contribution >= 4 is 11.7 Å². The molecule has 0 saturated carbocycles. The Morgan fingerprint density at radius 1 is 1.22 bits per heavy atom. The number of aromatic nitrogens is 1. The fourth-order valence-corrected chi connectivity index (χ4v) is 2.32. The van der Waals surface area contributed by atoms with Crippen LogP contribution in [0.4, 0.5) is 10.5 Å². The van der Waals surface area contributed by atoms with E-state index >= 15 is 0 Å². The van der Waals surface area contributed by atoms with Gasteiger partial charge in [-0.25, -0.2) is 4.79 Å². The number of pyridine rings is 1. The standard InChI is InChI=1S/C18H23N3O2/c1-4-14-11-19-9-8-15(14)12-20-18(22)21-17-7-6-16(23-5-2)10-13(17)3/h6-11H,4-5,12H2,1-3H3,(H2,20,21,22).